The number of fused-ring (bicyclic) bond motifs is 1. The summed E-state index contributed by atoms with van der Waals surface area (Å²) in [6.45, 7) is 12.2. The van der Waals surface area contributed by atoms with E-state index in [4.69, 9.17) is 9.72 Å². The monoisotopic (exact) mass is 546 g/mol. The van der Waals surface area contributed by atoms with Crippen LogP contribution < -0.4 is 10.1 Å². The van der Waals surface area contributed by atoms with Gasteiger partial charge in [-0.1, -0.05) is 31.5 Å². The number of nitrogens with zero attached hydrogens (tertiary/aromatic N) is 5. The summed E-state index contributed by atoms with van der Waals surface area (Å²) in [5.74, 6) is 2.13. The van der Waals surface area contributed by atoms with Gasteiger partial charge in [0.2, 0.25) is 0 Å². The highest BCUT2D eigenvalue weighted by Crippen LogP contribution is 2.38. The molecule has 0 radical (unpaired) electrons. The Morgan fingerprint density at radius 3 is 2.33 bits per heavy atom. The lowest BCUT2D eigenvalue weighted by Gasteiger charge is -2.46. The molecule has 0 amide bonds. The molecule has 0 saturated carbocycles. The molecule has 2 aliphatic heterocycles. The van der Waals surface area contributed by atoms with E-state index in [1.165, 1.54) is 22.5 Å². The third-order valence-electron chi connectivity index (χ3n) is 9.44. The van der Waals surface area contributed by atoms with Crippen LogP contribution in [0.5, 0.6) is 5.75 Å². The number of hydrogen-bond donors (Lipinski definition) is 1. The lowest BCUT2D eigenvalue weighted by molar-refractivity contribution is 0.0507. The Morgan fingerprint density at radius 1 is 1.05 bits per heavy atom. The molecule has 0 spiro atoms. The van der Waals surface area contributed by atoms with Crippen molar-refractivity contribution >= 4 is 11.0 Å². The van der Waals surface area contributed by atoms with Crippen LogP contribution in [-0.2, 0) is 19.1 Å². The van der Waals surface area contributed by atoms with Crippen LogP contribution in [0, 0.1) is 0 Å². The summed E-state index contributed by atoms with van der Waals surface area (Å²) in [4.78, 5) is 13.0. The van der Waals surface area contributed by atoms with Crippen LogP contribution in [0.4, 0.5) is 0 Å². The first-order valence-electron chi connectivity index (χ1n) is 15.2. The van der Waals surface area contributed by atoms with E-state index in [2.05, 4.69) is 109 Å². The summed E-state index contributed by atoms with van der Waals surface area (Å²) in [7, 11) is 8.38. The minimum atomic E-state index is 0.0653. The number of benzene rings is 2. The zero-order valence-corrected chi connectivity index (χ0v) is 25.8. The Kier molecular flexibility index (Phi) is 8.86. The quantitative estimate of drug-likeness (QED) is 0.400. The normalized spacial score (nSPS) is 23.1. The van der Waals surface area contributed by atoms with Crippen LogP contribution in [0.2, 0.25) is 0 Å². The maximum atomic E-state index is 5.40. The summed E-state index contributed by atoms with van der Waals surface area (Å²) < 4.78 is 7.75. The first-order valence-corrected chi connectivity index (χ1v) is 15.2. The first kappa shape index (κ1) is 29.1. The van der Waals surface area contributed by atoms with Crippen molar-refractivity contribution in [2.45, 2.75) is 76.7 Å². The van der Waals surface area contributed by atoms with Crippen molar-refractivity contribution < 1.29 is 4.74 Å². The fourth-order valence-electron chi connectivity index (χ4n) is 7.27. The molecule has 40 heavy (non-hydrogen) atoms. The molecule has 1 aromatic heterocycles. The van der Waals surface area contributed by atoms with Gasteiger partial charge >= 0.3 is 0 Å². The molecule has 7 nitrogen and oxygen atoms in total. The average molecular weight is 547 g/mol. The zero-order valence-electron chi connectivity index (χ0n) is 25.8. The van der Waals surface area contributed by atoms with E-state index in [0.29, 0.717) is 18.1 Å². The van der Waals surface area contributed by atoms with Crippen LogP contribution in [-0.4, -0.2) is 83.7 Å². The molecule has 2 aromatic carbocycles. The van der Waals surface area contributed by atoms with Crippen molar-refractivity contribution in [2.75, 3.05) is 47.4 Å². The second-order valence-corrected chi connectivity index (χ2v) is 12.5. The minimum Gasteiger partial charge on any atom is -0.497 e. The molecule has 218 valence electrons. The van der Waals surface area contributed by atoms with E-state index in [1.54, 1.807) is 7.11 Å². The minimum absolute atomic E-state index is 0.0653. The topological polar surface area (TPSA) is 48.8 Å². The Morgan fingerprint density at radius 2 is 1.73 bits per heavy atom. The van der Waals surface area contributed by atoms with Gasteiger partial charge in [-0.05, 0) is 82.6 Å². The van der Waals surface area contributed by atoms with Crippen molar-refractivity contribution in [3.63, 3.8) is 0 Å². The maximum Gasteiger partial charge on any atom is 0.127 e. The van der Waals surface area contributed by atoms with Gasteiger partial charge in [-0.3, -0.25) is 14.7 Å². The molecule has 1 unspecified atom stereocenters. The van der Waals surface area contributed by atoms with Crippen molar-refractivity contribution in [3.05, 3.63) is 59.4 Å². The average Bonchev–Trinajstić information content (AvgIpc) is 3.26. The van der Waals surface area contributed by atoms with E-state index in [0.717, 1.165) is 69.7 Å². The van der Waals surface area contributed by atoms with Gasteiger partial charge in [-0.15, -0.1) is 0 Å². The predicted octanol–water partition coefficient (Wildman–Crippen LogP) is 5.16. The Labute approximate surface area is 241 Å². The molecule has 2 aliphatic rings. The third kappa shape index (κ3) is 5.80. The molecule has 2 saturated heterocycles. The number of hydrogen-bond acceptors (Lipinski definition) is 6. The van der Waals surface area contributed by atoms with Crippen LogP contribution in [0.15, 0.2) is 42.5 Å². The molecular formula is C33H50N6O. The molecule has 3 heterocycles. The lowest BCUT2D eigenvalue weighted by atomic mass is 9.79. The van der Waals surface area contributed by atoms with Gasteiger partial charge in [0.1, 0.15) is 11.6 Å². The predicted molar refractivity (Wildman–Crippen MR) is 165 cm³/mol. The summed E-state index contributed by atoms with van der Waals surface area (Å²) in [6, 6.07) is 17.0. The number of ether oxygens (including phenoxy) is 1. The zero-order chi connectivity index (χ0) is 28.4. The van der Waals surface area contributed by atoms with Crippen LogP contribution in [0.25, 0.3) is 11.0 Å². The summed E-state index contributed by atoms with van der Waals surface area (Å²) in [5, 5.41) is 3.69. The highest BCUT2D eigenvalue weighted by Gasteiger charge is 2.38. The van der Waals surface area contributed by atoms with E-state index >= 15 is 0 Å². The standard InChI is InChI=1S/C33H50N6O/c1-8-9-31(39-21-24(2)34-25(3)22-39)32-35-29-20-26(10-15-30(29)37(32)6)23-38-18-16-33(17-19-38,36(4)5)27-11-13-28(40-7)14-12-27/h10-15,20,24-25,31,34H,8-9,16-19,21-23H2,1-7H3/t24-,25+,31?. The third-order valence-corrected chi connectivity index (χ3v) is 9.44. The number of imidazole rings is 1. The van der Waals surface area contributed by atoms with Gasteiger partial charge < -0.3 is 14.6 Å². The summed E-state index contributed by atoms with van der Waals surface area (Å²) in [6.07, 6.45) is 4.52. The van der Waals surface area contributed by atoms with E-state index in [9.17, 15) is 0 Å². The lowest BCUT2D eigenvalue weighted by Crippen LogP contribution is -2.55. The number of aryl methyl sites for hydroxylation is 1. The molecule has 2 fully saturated rings. The molecular weight excluding hydrogens is 496 g/mol. The molecule has 0 aliphatic carbocycles. The summed E-state index contributed by atoms with van der Waals surface area (Å²) >= 11 is 0. The number of methoxy groups -OCH3 is 1. The van der Waals surface area contributed by atoms with Gasteiger partial charge in [0, 0.05) is 57.4 Å². The van der Waals surface area contributed by atoms with Crippen molar-refractivity contribution in [2.24, 2.45) is 7.05 Å². The highest BCUT2D eigenvalue weighted by molar-refractivity contribution is 5.77. The molecule has 3 aromatic rings. The molecule has 5 rings (SSSR count). The van der Waals surface area contributed by atoms with Crippen LogP contribution in [0.1, 0.15) is 69.4 Å². The number of nitrogens with one attached hydrogen (secondary N) is 1. The fraction of sp³-hybridized carbons (Fsp3) is 0.606. The second kappa shape index (κ2) is 12.2. The highest BCUT2D eigenvalue weighted by atomic mass is 16.5. The van der Waals surface area contributed by atoms with Gasteiger partial charge in [-0.25, -0.2) is 4.98 Å². The van der Waals surface area contributed by atoms with E-state index in [1.807, 2.05) is 0 Å². The number of rotatable bonds is 9. The van der Waals surface area contributed by atoms with E-state index < -0.39 is 0 Å². The molecule has 3 atom stereocenters. The largest absolute Gasteiger partial charge is 0.497 e. The number of piperazine rings is 1. The molecule has 1 N–H and O–H groups in total. The Balaban J connectivity index is 1.31. The number of aromatic nitrogens is 2. The first-order chi connectivity index (χ1) is 19.2. The SMILES string of the molecule is CCCC(c1nc2cc(CN3CCC(c4ccc(OC)cc4)(N(C)C)CC3)ccc2n1C)N1C[C@@H](C)N[C@@H](C)C1. The number of likely N-dealkylation sites (tertiary alicyclic amines) is 1. The van der Waals surface area contributed by atoms with Crippen molar-refractivity contribution in [1.29, 1.82) is 0 Å². The van der Waals surface area contributed by atoms with Crippen LogP contribution in [0.3, 0.4) is 0 Å². The van der Waals surface area contributed by atoms with Gasteiger partial charge in [0.15, 0.2) is 0 Å². The van der Waals surface area contributed by atoms with Gasteiger partial charge in [0.25, 0.3) is 0 Å². The van der Waals surface area contributed by atoms with Crippen molar-refractivity contribution in [1.82, 2.24) is 29.6 Å². The van der Waals surface area contributed by atoms with Crippen molar-refractivity contribution in [3.8, 4) is 5.75 Å². The Hall–Kier alpha value is -2.45. The fourth-order valence-corrected chi connectivity index (χ4v) is 7.27. The van der Waals surface area contributed by atoms with Gasteiger partial charge in [-0.2, -0.15) is 0 Å². The molecule has 7 heteroatoms. The Bertz CT molecular complexity index is 1250. The smallest absolute Gasteiger partial charge is 0.127 e. The van der Waals surface area contributed by atoms with Crippen LogP contribution >= 0.6 is 0 Å². The summed E-state index contributed by atoms with van der Waals surface area (Å²) in [5.41, 5.74) is 5.17. The number of piperidine rings is 1. The van der Waals surface area contributed by atoms with E-state index in [-0.39, 0.29) is 5.54 Å². The molecule has 0 bridgehead atoms. The second-order valence-electron chi connectivity index (χ2n) is 12.5. The maximum absolute atomic E-state index is 5.40. The van der Waals surface area contributed by atoms with Gasteiger partial charge in [0.05, 0.1) is 24.2 Å².